The maximum Gasteiger partial charge on any atom is 0.253 e. The first-order chi connectivity index (χ1) is 13.1. The standard InChI is InChI=1S/C22H25Cl2NO2/c1-2-12-27-21-19(23)14-18(15-20(21)24)22(26)25-10-8-17(9-11-25)13-16-6-4-3-5-7-16/h3-7,14-15,17H,2,8-13H2,1H3. The van der Waals surface area contributed by atoms with Crippen molar-refractivity contribution in [3.8, 4) is 5.75 Å². The minimum atomic E-state index is -0.0148. The number of carbonyl (C=O) groups excluding carboxylic acids is 1. The Morgan fingerprint density at radius 2 is 1.74 bits per heavy atom. The Hall–Kier alpha value is -1.71. The highest BCUT2D eigenvalue weighted by Gasteiger charge is 2.25. The number of likely N-dealkylation sites (tertiary alicyclic amines) is 1. The maximum atomic E-state index is 12.9. The lowest BCUT2D eigenvalue weighted by atomic mass is 9.90. The molecule has 0 aliphatic carbocycles. The molecule has 1 amide bonds. The molecule has 1 saturated heterocycles. The summed E-state index contributed by atoms with van der Waals surface area (Å²) in [7, 11) is 0. The highest BCUT2D eigenvalue weighted by Crippen LogP contribution is 2.35. The van der Waals surface area contributed by atoms with E-state index < -0.39 is 0 Å². The van der Waals surface area contributed by atoms with Crippen molar-refractivity contribution in [3.63, 3.8) is 0 Å². The predicted octanol–water partition coefficient (Wildman–Crippen LogP) is 5.88. The second-order valence-corrected chi connectivity index (χ2v) is 7.86. The highest BCUT2D eigenvalue weighted by atomic mass is 35.5. The Balaban J connectivity index is 1.60. The maximum absolute atomic E-state index is 12.9. The van der Waals surface area contributed by atoms with Crippen LogP contribution in [0, 0.1) is 5.92 Å². The second kappa shape index (κ2) is 9.48. The average Bonchev–Trinajstić information content (AvgIpc) is 2.68. The minimum Gasteiger partial charge on any atom is -0.490 e. The van der Waals surface area contributed by atoms with Crippen LogP contribution >= 0.6 is 23.2 Å². The van der Waals surface area contributed by atoms with Crippen LogP contribution in [0.25, 0.3) is 0 Å². The van der Waals surface area contributed by atoms with E-state index >= 15 is 0 Å². The van der Waals surface area contributed by atoms with Gasteiger partial charge in [-0.3, -0.25) is 4.79 Å². The van der Waals surface area contributed by atoms with Gasteiger partial charge in [0.15, 0.2) is 5.75 Å². The van der Waals surface area contributed by atoms with Gasteiger partial charge in [0.25, 0.3) is 5.91 Å². The largest absolute Gasteiger partial charge is 0.490 e. The SMILES string of the molecule is CCCOc1c(Cl)cc(C(=O)N2CCC(Cc3ccccc3)CC2)cc1Cl. The van der Waals surface area contributed by atoms with Crippen LogP contribution in [-0.4, -0.2) is 30.5 Å². The lowest BCUT2D eigenvalue weighted by Crippen LogP contribution is -2.38. The summed E-state index contributed by atoms with van der Waals surface area (Å²) in [4.78, 5) is 14.8. The fourth-order valence-corrected chi connectivity index (χ4v) is 4.09. The molecule has 2 aromatic carbocycles. The van der Waals surface area contributed by atoms with Gasteiger partial charge in [-0.2, -0.15) is 0 Å². The number of amides is 1. The van der Waals surface area contributed by atoms with E-state index in [1.165, 1.54) is 5.56 Å². The van der Waals surface area contributed by atoms with Crippen molar-refractivity contribution in [1.29, 1.82) is 0 Å². The number of hydrogen-bond acceptors (Lipinski definition) is 2. The van der Waals surface area contributed by atoms with Crippen molar-refractivity contribution in [2.45, 2.75) is 32.6 Å². The van der Waals surface area contributed by atoms with Crippen molar-refractivity contribution >= 4 is 29.1 Å². The first-order valence-corrected chi connectivity index (χ1v) is 10.3. The van der Waals surface area contributed by atoms with Crippen LogP contribution in [0.15, 0.2) is 42.5 Å². The third-order valence-electron chi connectivity index (χ3n) is 4.96. The molecule has 144 valence electrons. The van der Waals surface area contributed by atoms with Gasteiger partial charge in [-0.05, 0) is 49.3 Å². The Morgan fingerprint density at radius 3 is 2.33 bits per heavy atom. The third kappa shape index (κ3) is 5.18. The summed E-state index contributed by atoms with van der Waals surface area (Å²) in [5.41, 5.74) is 1.89. The number of piperidine rings is 1. The van der Waals surface area contributed by atoms with Crippen LogP contribution in [0.3, 0.4) is 0 Å². The molecular formula is C22H25Cl2NO2. The van der Waals surface area contributed by atoms with Crippen molar-refractivity contribution in [1.82, 2.24) is 4.90 Å². The highest BCUT2D eigenvalue weighted by molar-refractivity contribution is 6.37. The summed E-state index contributed by atoms with van der Waals surface area (Å²) in [6.07, 6.45) is 3.97. The summed E-state index contributed by atoms with van der Waals surface area (Å²) in [6.45, 7) is 4.09. The first-order valence-electron chi connectivity index (χ1n) is 9.53. The molecule has 2 aromatic rings. The normalized spacial score (nSPS) is 15.0. The molecule has 1 aliphatic rings. The number of carbonyl (C=O) groups is 1. The fourth-order valence-electron chi connectivity index (χ4n) is 3.50. The van der Waals surface area contributed by atoms with Crippen LogP contribution in [0.5, 0.6) is 5.75 Å². The molecule has 1 fully saturated rings. The number of nitrogens with zero attached hydrogens (tertiary/aromatic N) is 1. The van der Waals surface area contributed by atoms with Crippen LogP contribution in [-0.2, 0) is 6.42 Å². The van der Waals surface area contributed by atoms with Gasteiger partial charge in [0, 0.05) is 18.7 Å². The van der Waals surface area contributed by atoms with Crippen LogP contribution in [0.1, 0.15) is 42.1 Å². The van der Waals surface area contributed by atoms with Crippen LogP contribution in [0.4, 0.5) is 0 Å². The third-order valence-corrected chi connectivity index (χ3v) is 5.53. The van der Waals surface area contributed by atoms with E-state index in [2.05, 4.69) is 24.3 Å². The number of benzene rings is 2. The summed E-state index contributed by atoms with van der Waals surface area (Å²) >= 11 is 12.6. The van der Waals surface area contributed by atoms with Gasteiger partial charge < -0.3 is 9.64 Å². The zero-order valence-electron chi connectivity index (χ0n) is 15.6. The van der Waals surface area contributed by atoms with Crippen molar-refractivity contribution in [2.24, 2.45) is 5.92 Å². The fraction of sp³-hybridized carbons (Fsp3) is 0.409. The molecule has 27 heavy (non-hydrogen) atoms. The van der Waals surface area contributed by atoms with E-state index in [1.807, 2.05) is 17.9 Å². The smallest absolute Gasteiger partial charge is 0.253 e. The zero-order valence-corrected chi connectivity index (χ0v) is 17.1. The van der Waals surface area contributed by atoms with E-state index in [1.54, 1.807) is 12.1 Å². The summed E-state index contributed by atoms with van der Waals surface area (Å²) in [5.74, 6) is 1.06. The van der Waals surface area contributed by atoms with Crippen molar-refractivity contribution in [3.05, 3.63) is 63.6 Å². The molecule has 3 rings (SSSR count). The molecular weight excluding hydrogens is 381 g/mol. The summed E-state index contributed by atoms with van der Waals surface area (Å²) < 4.78 is 5.58. The lowest BCUT2D eigenvalue weighted by Gasteiger charge is -2.32. The molecule has 5 heteroatoms. The average molecular weight is 406 g/mol. The van der Waals surface area contributed by atoms with Crippen molar-refractivity contribution in [2.75, 3.05) is 19.7 Å². The second-order valence-electron chi connectivity index (χ2n) is 7.04. The first kappa shape index (κ1) is 20.0. The van der Waals surface area contributed by atoms with E-state index in [4.69, 9.17) is 27.9 Å². The van der Waals surface area contributed by atoms with E-state index in [0.717, 1.165) is 38.8 Å². The van der Waals surface area contributed by atoms with Crippen LogP contribution in [0.2, 0.25) is 10.0 Å². The summed E-state index contributed by atoms with van der Waals surface area (Å²) in [5, 5.41) is 0.775. The van der Waals surface area contributed by atoms with E-state index in [-0.39, 0.29) is 5.91 Å². The Labute approximate surface area is 171 Å². The van der Waals surface area contributed by atoms with Gasteiger partial charge in [0.2, 0.25) is 0 Å². The zero-order chi connectivity index (χ0) is 19.2. The molecule has 0 saturated carbocycles. The van der Waals surface area contributed by atoms with Gasteiger partial charge >= 0.3 is 0 Å². The molecule has 0 atom stereocenters. The Kier molecular flexibility index (Phi) is 7.03. The topological polar surface area (TPSA) is 29.5 Å². The van der Waals surface area contributed by atoms with Crippen molar-refractivity contribution < 1.29 is 9.53 Å². The Bertz CT molecular complexity index is 748. The Morgan fingerprint density at radius 1 is 1.11 bits per heavy atom. The van der Waals surface area contributed by atoms with E-state index in [9.17, 15) is 4.79 Å². The van der Waals surface area contributed by atoms with Gasteiger partial charge in [0.05, 0.1) is 16.7 Å². The molecule has 0 unspecified atom stereocenters. The number of ether oxygens (including phenoxy) is 1. The molecule has 3 nitrogen and oxygen atoms in total. The van der Waals surface area contributed by atoms with Gasteiger partial charge in [0.1, 0.15) is 0 Å². The molecule has 0 aromatic heterocycles. The number of rotatable bonds is 6. The summed E-state index contributed by atoms with van der Waals surface area (Å²) in [6, 6.07) is 13.9. The van der Waals surface area contributed by atoms with Crippen LogP contribution < -0.4 is 4.74 Å². The monoisotopic (exact) mass is 405 g/mol. The lowest BCUT2D eigenvalue weighted by molar-refractivity contribution is 0.0690. The molecule has 0 N–H and O–H groups in total. The molecule has 0 spiro atoms. The van der Waals surface area contributed by atoms with E-state index in [0.29, 0.717) is 33.9 Å². The molecule has 0 radical (unpaired) electrons. The quantitative estimate of drug-likeness (QED) is 0.600. The van der Waals surface area contributed by atoms with Gasteiger partial charge in [-0.1, -0.05) is 60.5 Å². The van der Waals surface area contributed by atoms with Gasteiger partial charge in [-0.25, -0.2) is 0 Å². The number of halogens is 2. The molecule has 1 heterocycles. The predicted molar refractivity (Wildman–Crippen MR) is 111 cm³/mol. The minimum absolute atomic E-state index is 0.0148. The van der Waals surface area contributed by atoms with Gasteiger partial charge in [-0.15, -0.1) is 0 Å². The molecule has 1 aliphatic heterocycles. The molecule has 0 bridgehead atoms. The number of hydrogen-bond donors (Lipinski definition) is 0.